The van der Waals surface area contributed by atoms with Gasteiger partial charge < -0.3 is 15.4 Å². The number of nitrogens with zero attached hydrogens (tertiary/aromatic N) is 3. The largest absolute Gasteiger partial charge is 0.380 e. The Kier molecular flexibility index (Phi) is 5.11. The van der Waals surface area contributed by atoms with Crippen molar-refractivity contribution in [2.45, 2.75) is 20.3 Å². The Morgan fingerprint density at radius 2 is 2.15 bits per heavy atom. The van der Waals surface area contributed by atoms with Gasteiger partial charge in [-0.1, -0.05) is 13.8 Å². The molecule has 3 N–H and O–H groups in total. The molecule has 2 heterocycles. The number of hydrogen-bond donors (Lipinski definition) is 3. The number of H-pyrrole nitrogens is 1. The summed E-state index contributed by atoms with van der Waals surface area (Å²) in [5.74, 6) is 2.00. The van der Waals surface area contributed by atoms with Gasteiger partial charge in [-0.15, -0.1) is 0 Å². The predicted octanol–water partition coefficient (Wildman–Crippen LogP) is 1.87. The molecule has 0 bridgehead atoms. The molecule has 0 aliphatic carbocycles. The van der Waals surface area contributed by atoms with E-state index in [1.807, 2.05) is 0 Å². The van der Waals surface area contributed by atoms with Gasteiger partial charge in [-0.05, 0) is 12.3 Å². The zero-order valence-electron chi connectivity index (χ0n) is 12.2. The lowest BCUT2D eigenvalue weighted by molar-refractivity contribution is 0.132. The molecule has 0 saturated carbocycles. The summed E-state index contributed by atoms with van der Waals surface area (Å²) in [6, 6.07) is 0. The van der Waals surface area contributed by atoms with Crippen LogP contribution in [0.4, 0.5) is 11.8 Å². The molecular weight excluding hydrogens is 256 g/mol. The lowest BCUT2D eigenvalue weighted by Crippen LogP contribution is -2.12. The summed E-state index contributed by atoms with van der Waals surface area (Å²) in [5, 5.41) is 13.9. The van der Waals surface area contributed by atoms with Gasteiger partial charge >= 0.3 is 0 Å². The lowest BCUT2D eigenvalue weighted by atomic mass is 10.1. The average Bonchev–Trinajstić information content (AvgIpc) is 2.90. The minimum atomic E-state index is 0.560. The maximum Gasteiger partial charge on any atom is 0.226 e. The Labute approximate surface area is 118 Å². The van der Waals surface area contributed by atoms with Crippen molar-refractivity contribution in [3.8, 4) is 0 Å². The van der Waals surface area contributed by atoms with Crippen LogP contribution in [0, 0.1) is 5.92 Å². The SMILES string of the molecule is CNc1nc(NCCOCCC(C)C)c2cn[nH]c2n1. The third kappa shape index (κ3) is 3.80. The fourth-order valence-corrected chi connectivity index (χ4v) is 1.74. The number of nitrogens with one attached hydrogen (secondary N) is 3. The van der Waals surface area contributed by atoms with Gasteiger partial charge in [0.1, 0.15) is 5.82 Å². The van der Waals surface area contributed by atoms with E-state index in [1.165, 1.54) is 0 Å². The van der Waals surface area contributed by atoms with E-state index < -0.39 is 0 Å². The molecule has 0 aromatic carbocycles. The molecule has 0 spiro atoms. The van der Waals surface area contributed by atoms with Crippen molar-refractivity contribution in [3.63, 3.8) is 0 Å². The van der Waals surface area contributed by atoms with Gasteiger partial charge in [-0.3, -0.25) is 5.10 Å². The van der Waals surface area contributed by atoms with E-state index in [0.29, 0.717) is 30.7 Å². The average molecular weight is 278 g/mol. The second kappa shape index (κ2) is 7.04. The van der Waals surface area contributed by atoms with Crippen LogP contribution in [0.1, 0.15) is 20.3 Å². The molecule has 110 valence electrons. The van der Waals surface area contributed by atoms with Crippen molar-refractivity contribution < 1.29 is 4.74 Å². The molecule has 0 saturated heterocycles. The minimum Gasteiger partial charge on any atom is -0.380 e. The summed E-state index contributed by atoms with van der Waals surface area (Å²) in [7, 11) is 1.79. The summed E-state index contributed by atoms with van der Waals surface area (Å²) >= 11 is 0. The van der Waals surface area contributed by atoms with Gasteiger partial charge in [0.25, 0.3) is 0 Å². The Balaban J connectivity index is 1.87. The third-order valence-corrected chi connectivity index (χ3v) is 2.91. The fraction of sp³-hybridized carbons (Fsp3) is 0.615. The molecule has 2 aromatic heterocycles. The fourth-order valence-electron chi connectivity index (χ4n) is 1.74. The summed E-state index contributed by atoms with van der Waals surface area (Å²) in [6.45, 7) is 6.55. The zero-order valence-corrected chi connectivity index (χ0v) is 12.2. The van der Waals surface area contributed by atoms with Crippen molar-refractivity contribution in [1.29, 1.82) is 0 Å². The molecular formula is C13H22N6O. The topological polar surface area (TPSA) is 87.8 Å². The van der Waals surface area contributed by atoms with E-state index in [9.17, 15) is 0 Å². The Morgan fingerprint density at radius 1 is 1.30 bits per heavy atom. The van der Waals surface area contributed by atoms with Gasteiger partial charge in [-0.25, -0.2) is 0 Å². The number of rotatable bonds is 8. The third-order valence-electron chi connectivity index (χ3n) is 2.91. The first-order valence-electron chi connectivity index (χ1n) is 6.91. The first-order valence-corrected chi connectivity index (χ1v) is 6.91. The Bertz CT molecular complexity index is 539. The van der Waals surface area contributed by atoms with Crippen LogP contribution < -0.4 is 10.6 Å². The van der Waals surface area contributed by atoms with Crippen LogP contribution in [0.25, 0.3) is 11.0 Å². The lowest BCUT2D eigenvalue weighted by Gasteiger charge is -2.09. The van der Waals surface area contributed by atoms with Crippen LogP contribution in [0.2, 0.25) is 0 Å². The highest BCUT2D eigenvalue weighted by Crippen LogP contribution is 2.19. The highest BCUT2D eigenvalue weighted by atomic mass is 16.5. The van der Waals surface area contributed by atoms with Gasteiger partial charge in [0.05, 0.1) is 18.2 Å². The highest BCUT2D eigenvalue weighted by molar-refractivity contribution is 5.86. The summed E-state index contributed by atoms with van der Waals surface area (Å²) in [4.78, 5) is 8.67. The van der Waals surface area contributed by atoms with E-state index in [-0.39, 0.29) is 0 Å². The first kappa shape index (κ1) is 14.5. The van der Waals surface area contributed by atoms with Crippen LogP contribution in [0.5, 0.6) is 0 Å². The van der Waals surface area contributed by atoms with Crippen molar-refractivity contribution in [3.05, 3.63) is 6.20 Å². The number of aromatic nitrogens is 4. The van der Waals surface area contributed by atoms with Crippen molar-refractivity contribution >= 4 is 22.8 Å². The van der Waals surface area contributed by atoms with Crippen LogP contribution in [-0.4, -0.2) is 47.0 Å². The highest BCUT2D eigenvalue weighted by Gasteiger charge is 2.08. The molecule has 2 rings (SSSR count). The minimum absolute atomic E-state index is 0.560. The predicted molar refractivity (Wildman–Crippen MR) is 80.0 cm³/mol. The summed E-state index contributed by atoms with van der Waals surface area (Å²) < 4.78 is 5.57. The second-order valence-electron chi connectivity index (χ2n) is 5.00. The molecule has 2 aromatic rings. The summed E-state index contributed by atoms with van der Waals surface area (Å²) in [6.07, 6.45) is 2.81. The van der Waals surface area contributed by atoms with Gasteiger partial charge in [-0.2, -0.15) is 15.1 Å². The molecule has 0 fully saturated rings. The Hall–Kier alpha value is -1.89. The number of aromatic amines is 1. The van der Waals surface area contributed by atoms with Gasteiger partial charge in [0.2, 0.25) is 5.95 Å². The van der Waals surface area contributed by atoms with E-state index >= 15 is 0 Å². The molecule has 0 aliphatic heterocycles. The van der Waals surface area contributed by atoms with E-state index in [2.05, 4.69) is 44.6 Å². The molecule has 7 heteroatoms. The molecule has 0 unspecified atom stereocenters. The van der Waals surface area contributed by atoms with Gasteiger partial charge in [0.15, 0.2) is 5.65 Å². The summed E-state index contributed by atoms with van der Waals surface area (Å²) in [5.41, 5.74) is 0.715. The molecule has 7 nitrogen and oxygen atoms in total. The number of anilines is 2. The van der Waals surface area contributed by atoms with Crippen molar-refractivity contribution in [1.82, 2.24) is 20.2 Å². The monoisotopic (exact) mass is 278 g/mol. The number of ether oxygens (including phenoxy) is 1. The molecule has 0 radical (unpaired) electrons. The maximum absolute atomic E-state index is 5.57. The smallest absolute Gasteiger partial charge is 0.226 e. The Morgan fingerprint density at radius 3 is 2.90 bits per heavy atom. The van der Waals surface area contributed by atoms with E-state index in [1.54, 1.807) is 13.2 Å². The molecule has 0 amide bonds. The zero-order chi connectivity index (χ0) is 14.4. The van der Waals surface area contributed by atoms with E-state index in [0.717, 1.165) is 24.2 Å². The number of hydrogen-bond acceptors (Lipinski definition) is 6. The standard InChI is InChI=1S/C13H22N6O/c1-9(2)4-6-20-7-5-15-11-10-8-16-19-12(10)18-13(14-3)17-11/h8-9H,4-7H2,1-3H3,(H3,14,15,16,17,18,19). The number of fused-ring (bicyclic) bond motifs is 1. The van der Waals surface area contributed by atoms with Crippen LogP contribution in [-0.2, 0) is 4.74 Å². The molecule has 20 heavy (non-hydrogen) atoms. The van der Waals surface area contributed by atoms with Crippen LogP contribution in [0.15, 0.2) is 6.20 Å². The van der Waals surface area contributed by atoms with Crippen molar-refractivity contribution in [2.24, 2.45) is 5.92 Å². The normalized spacial score (nSPS) is 11.2. The van der Waals surface area contributed by atoms with Gasteiger partial charge in [0, 0.05) is 20.2 Å². The quantitative estimate of drug-likeness (QED) is 0.639. The van der Waals surface area contributed by atoms with E-state index in [4.69, 9.17) is 4.74 Å². The maximum atomic E-state index is 5.57. The van der Waals surface area contributed by atoms with Crippen LogP contribution >= 0.6 is 0 Å². The van der Waals surface area contributed by atoms with Crippen LogP contribution in [0.3, 0.4) is 0 Å². The second-order valence-corrected chi connectivity index (χ2v) is 5.00. The molecule has 0 atom stereocenters. The van der Waals surface area contributed by atoms with Crippen molar-refractivity contribution in [2.75, 3.05) is 37.4 Å². The molecule has 0 aliphatic rings. The first-order chi connectivity index (χ1) is 9.70.